The summed E-state index contributed by atoms with van der Waals surface area (Å²) in [7, 11) is 0. The maximum absolute atomic E-state index is 6.09. The lowest BCUT2D eigenvalue weighted by Crippen LogP contribution is -2.45. The van der Waals surface area contributed by atoms with E-state index in [0.717, 1.165) is 43.3 Å². The van der Waals surface area contributed by atoms with Crippen molar-refractivity contribution in [2.45, 2.75) is 31.7 Å². The zero-order valence-electron chi connectivity index (χ0n) is 9.46. The molecule has 0 radical (unpaired) electrons. The first-order valence-corrected chi connectivity index (χ1v) is 7.06. The molecule has 1 fully saturated rings. The third kappa shape index (κ3) is 2.67. The molecular formula is C11H17ClN2OS. The van der Waals surface area contributed by atoms with E-state index < -0.39 is 0 Å². The minimum atomic E-state index is -0.0251. The van der Waals surface area contributed by atoms with Crippen LogP contribution in [0, 0.1) is 0 Å². The van der Waals surface area contributed by atoms with Crippen molar-refractivity contribution in [1.29, 1.82) is 0 Å². The van der Waals surface area contributed by atoms with Crippen molar-refractivity contribution >= 4 is 28.1 Å². The van der Waals surface area contributed by atoms with Gasteiger partial charge in [-0.05, 0) is 19.3 Å². The third-order valence-corrected chi connectivity index (χ3v) is 4.31. The van der Waals surface area contributed by atoms with Crippen LogP contribution < -0.4 is 5.32 Å². The summed E-state index contributed by atoms with van der Waals surface area (Å²) in [4.78, 5) is 4.52. The maximum atomic E-state index is 6.09. The van der Waals surface area contributed by atoms with Crippen LogP contribution in [0.15, 0.2) is 5.38 Å². The van der Waals surface area contributed by atoms with Crippen LogP contribution in [-0.4, -0.2) is 29.6 Å². The van der Waals surface area contributed by atoms with Crippen LogP contribution >= 0.6 is 22.9 Å². The minimum absolute atomic E-state index is 0.0251. The zero-order chi connectivity index (χ0) is 11.4. The maximum Gasteiger partial charge on any atom is 0.183 e. The van der Waals surface area contributed by atoms with Gasteiger partial charge in [0.1, 0.15) is 0 Å². The van der Waals surface area contributed by atoms with Crippen LogP contribution in [0.1, 0.15) is 25.5 Å². The first kappa shape index (κ1) is 12.1. The molecule has 1 N–H and O–H groups in total. The Bertz CT molecular complexity index is 336. The van der Waals surface area contributed by atoms with Gasteiger partial charge in [0.2, 0.25) is 0 Å². The Hall–Kier alpha value is -0.320. The Balaban J connectivity index is 2.05. The van der Waals surface area contributed by atoms with Crippen LogP contribution in [0.25, 0.3) is 0 Å². The molecule has 0 unspecified atom stereocenters. The number of hydrogen-bond donors (Lipinski definition) is 1. The second-order valence-corrected chi connectivity index (χ2v) is 5.27. The molecule has 5 heteroatoms. The van der Waals surface area contributed by atoms with Crippen LogP contribution in [0.2, 0.25) is 0 Å². The molecular weight excluding hydrogens is 244 g/mol. The van der Waals surface area contributed by atoms with E-state index in [1.165, 1.54) is 0 Å². The highest BCUT2D eigenvalue weighted by Crippen LogP contribution is 2.29. The number of hydrogen-bond acceptors (Lipinski definition) is 4. The van der Waals surface area contributed by atoms with Crippen LogP contribution in [0.4, 0.5) is 5.13 Å². The molecule has 1 aliphatic rings. The Kier molecular flexibility index (Phi) is 4.05. The van der Waals surface area contributed by atoms with Gasteiger partial charge < -0.3 is 10.1 Å². The fourth-order valence-corrected chi connectivity index (χ4v) is 3.05. The van der Waals surface area contributed by atoms with E-state index in [1.807, 2.05) is 0 Å². The van der Waals surface area contributed by atoms with Crippen LogP contribution in [-0.2, 0) is 11.2 Å². The summed E-state index contributed by atoms with van der Waals surface area (Å²) in [5, 5.41) is 6.58. The Labute approximate surface area is 105 Å². The number of ether oxygens (including phenoxy) is 1. The van der Waals surface area contributed by atoms with Crippen molar-refractivity contribution in [3.8, 4) is 0 Å². The van der Waals surface area contributed by atoms with Crippen molar-refractivity contribution in [2.24, 2.45) is 0 Å². The number of alkyl halides is 1. The van der Waals surface area contributed by atoms with Crippen molar-refractivity contribution < 1.29 is 4.74 Å². The second kappa shape index (κ2) is 5.34. The van der Waals surface area contributed by atoms with Gasteiger partial charge in [-0.25, -0.2) is 4.98 Å². The number of nitrogens with one attached hydrogen (secondary N) is 1. The van der Waals surface area contributed by atoms with Crippen molar-refractivity contribution in [3.63, 3.8) is 0 Å². The molecule has 0 saturated carbocycles. The predicted octanol–water partition coefficient (Wildman–Crippen LogP) is 2.91. The highest BCUT2D eigenvalue weighted by atomic mass is 35.5. The number of anilines is 1. The normalized spacial score (nSPS) is 19.6. The second-order valence-electron chi connectivity index (χ2n) is 4.15. The van der Waals surface area contributed by atoms with Gasteiger partial charge in [-0.1, -0.05) is 6.92 Å². The lowest BCUT2D eigenvalue weighted by atomic mass is 9.92. The summed E-state index contributed by atoms with van der Waals surface area (Å²) in [5.41, 5.74) is 1.12. The van der Waals surface area contributed by atoms with Gasteiger partial charge in [0, 0.05) is 24.5 Å². The van der Waals surface area contributed by atoms with E-state index in [9.17, 15) is 0 Å². The summed E-state index contributed by atoms with van der Waals surface area (Å²) in [6.07, 6.45) is 2.89. The van der Waals surface area contributed by atoms with Gasteiger partial charge in [-0.2, -0.15) is 0 Å². The summed E-state index contributed by atoms with van der Waals surface area (Å²) >= 11 is 7.75. The largest absolute Gasteiger partial charge is 0.381 e. The standard InChI is InChI=1S/C11H17ClN2OS/c1-2-9-7-16-10(13-9)14-11(8-12)3-5-15-6-4-11/h7H,2-6,8H2,1H3,(H,13,14). The van der Waals surface area contributed by atoms with Crippen molar-refractivity contribution in [1.82, 2.24) is 4.98 Å². The van der Waals surface area contributed by atoms with E-state index in [4.69, 9.17) is 16.3 Å². The van der Waals surface area contributed by atoms with E-state index in [1.54, 1.807) is 11.3 Å². The smallest absolute Gasteiger partial charge is 0.183 e. The van der Waals surface area contributed by atoms with E-state index in [-0.39, 0.29) is 5.54 Å². The first-order chi connectivity index (χ1) is 7.78. The topological polar surface area (TPSA) is 34.1 Å². The Morgan fingerprint density at radius 3 is 2.88 bits per heavy atom. The van der Waals surface area contributed by atoms with E-state index in [2.05, 4.69) is 22.6 Å². The van der Waals surface area contributed by atoms with Crippen molar-refractivity contribution in [2.75, 3.05) is 24.4 Å². The average molecular weight is 261 g/mol. The Morgan fingerprint density at radius 1 is 1.56 bits per heavy atom. The molecule has 2 heterocycles. The average Bonchev–Trinajstić information content (AvgIpc) is 2.78. The summed E-state index contributed by atoms with van der Waals surface area (Å²) in [6, 6.07) is 0. The summed E-state index contributed by atoms with van der Waals surface area (Å²) in [6.45, 7) is 3.68. The van der Waals surface area contributed by atoms with Gasteiger partial charge >= 0.3 is 0 Å². The highest BCUT2D eigenvalue weighted by Gasteiger charge is 2.32. The molecule has 0 atom stereocenters. The number of aromatic nitrogens is 1. The SMILES string of the molecule is CCc1csc(NC2(CCl)CCOCC2)n1. The van der Waals surface area contributed by atoms with Crippen LogP contribution in [0.3, 0.4) is 0 Å². The van der Waals surface area contributed by atoms with Gasteiger partial charge in [0.05, 0.1) is 11.2 Å². The highest BCUT2D eigenvalue weighted by molar-refractivity contribution is 7.13. The summed E-state index contributed by atoms with van der Waals surface area (Å²) in [5.74, 6) is 0.609. The first-order valence-electron chi connectivity index (χ1n) is 5.64. The molecule has 0 bridgehead atoms. The number of rotatable bonds is 4. The molecule has 1 aromatic heterocycles. The molecule has 16 heavy (non-hydrogen) atoms. The molecule has 90 valence electrons. The number of halogens is 1. The fraction of sp³-hybridized carbons (Fsp3) is 0.727. The Morgan fingerprint density at radius 2 is 2.31 bits per heavy atom. The monoisotopic (exact) mass is 260 g/mol. The molecule has 0 aliphatic carbocycles. The molecule has 1 aliphatic heterocycles. The van der Waals surface area contributed by atoms with Gasteiger partial charge in [0.25, 0.3) is 0 Å². The quantitative estimate of drug-likeness (QED) is 0.846. The van der Waals surface area contributed by atoms with Gasteiger partial charge in [-0.3, -0.25) is 0 Å². The summed E-state index contributed by atoms with van der Waals surface area (Å²) < 4.78 is 5.38. The molecule has 1 saturated heterocycles. The molecule has 1 aromatic rings. The number of thiazole rings is 1. The molecule has 3 nitrogen and oxygen atoms in total. The minimum Gasteiger partial charge on any atom is -0.381 e. The molecule has 0 spiro atoms. The van der Waals surface area contributed by atoms with E-state index >= 15 is 0 Å². The van der Waals surface area contributed by atoms with Gasteiger partial charge in [0.15, 0.2) is 5.13 Å². The predicted molar refractivity (Wildman–Crippen MR) is 68.6 cm³/mol. The third-order valence-electron chi connectivity index (χ3n) is 2.99. The number of nitrogens with zero attached hydrogens (tertiary/aromatic N) is 1. The lowest BCUT2D eigenvalue weighted by molar-refractivity contribution is 0.0668. The molecule has 2 rings (SSSR count). The zero-order valence-corrected chi connectivity index (χ0v) is 11.0. The lowest BCUT2D eigenvalue weighted by Gasteiger charge is -2.36. The van der Waals surface area contributed by atoms with Crippen LogP contribution in [0.5, 0.6) is 0 Å². The molecule has 0 amide bonds. The van der Waals surface area contributed by atoms with Gasteiger partial charge in [-0.15, -0.1) is 22.9 Å². The fourth-order valence-electron chi connectivity index (χ4n) is 1.81. The number of aryl methyl sites for hydroxylation is 1. The van der Waals surface area contributed by atoms with Crippen molar-refractivity contribution in [3.05, 3.63) is 11.1 Å². The van der Waals surface area contributed by atoms with E-state index in [0.29, 0.717) is 5.88 Å². The molecule has 0 aromatic carbocycles.